The van der Waals surface area contributed by atoms with E-state index in [0.29, 0.717) is 12.8 Å². The van der Waals surface area contributed by atoms with Crippen LogP contribution in [0.15, 0.2) is 0 Å². The first kappa shape index (κ1) is 8.01. The van der Waals surface area contributed by atoms with Crippen LogP contribution < -0.4 is 11.1 Å². The summed E-state index contributed by atoms with van der Waals surface area (Å²) in [4.78, 5) is 11.3. The molecular formula is C8H14N2O2. The van der Waals surface area contributed by atoms with Crippen LogP contribution in [0.1, 0.15) is 25.7 Å². The summed E-state index contributed by atoms with van der Waals surface area (Å²) in [5, 5.41) is 11.8. The average Bonchev–Trinajstić information content (AvgIpc) is 2.66. The fourth-order valence-corrected chi connectivity index (χ4v) is 1.40. The zero-order chi connectivity index (χ0) is 8.77. The van der Waals surface area contributed by atoms with Gasteiger partial charge in [0.25, 0.3) is 0 Å². The molecule has 2 fully saturated rings. The van der Waals surface area contributed by atoms with Crippen molar-refractivity contribution in [2.75, 3.05) is 0 Å². The molecule has 2 aliphatic rings. The Balaban J connectivity index is 1.77. The van der Waals surface area contributed by atoms with Gasteiger partial charge < -0.3 is 16.2 Å². The number of nitrogens with two attached hydrogens (primary N) is 1. The molecule has 4 N–H and O–H groups in total. The van der Waals surface area contributed by atoms with Crippen LogP contribution in [-0.2, 0) is 4.79 Å². The Bertz CT molecular complexity index is 207. The number of amides is 1. The molecule has 0 heterocycles. The normalized spacial score (nSPS) is 36.8. The van der Waals surface area contributed by atoms with E-state index in [1.54, 1.807) is 0 Å². The molecule has 2 saturated carbocycles. The van der Waals surface area contributed by atoms with Crippen LogP contribution in [0.25, 0.3) is 0 Å². The van der Waals surface area contributed by atoms with Gasteiger partial charge in [-0.2, -0.15) is 0 Å². The van der Waals surface area contributed by atoms with E-state index < -0.39 is 5.54 Å². The molecule has 68 valence electrons. The Hall–Kier alpha value is -0.610. The third kappa shape index (κ3) is 1.32. The van der Waals surface area contributed by atoms with E-state index in [9.17, 15) is 4.79 Å². The summed E-state index contributed by atoms with van der Waals surface area (Å²) in [5.41, 5.74) is 5.11. The van der Waals surface area contributed by atoms with Crippen LogP contribution in [-0.4, -0.2) is 28.7 Å². The number of aliphatic hydroxyl groups is 1. The minimum Gasteiger partial charge on any atom is -0.393 e. The Morgan fingerprint density at radius 1 is 1.50 bits per heavy atom. The summed E-state index contributed by atoms with van der Waals surface area (Å²) in [6.07, 6.45) is 2.74. The van der Waals surface area contributed by atoms with Crippen LogP contribution in [0.3, 0.4) is 0 Å². The Labute approximate surface area is 71.1 Å². The summed E-state index contributed by atoms with van der Waals surface area (Å²) in [6, 6.07) is 0.161. The monoisotopic (exact) mass is 170 g/mol. The van der Waals surface area contributed by atoms with Crippen LogP contribution in [0.5, 0.6) is 0 Å². The van der Waals surface area contributed by atoms with Crippen molar-refractivity contribution in [3.05, 3.63) is 0 Å². The quantitative estimate of drug-likeness (QED) is 0.503. The van der Waals surface area contributed by atoms with Crippen molar-refractivity contribution < 1.29 is 9.90 Å². The van der Waals surface area contributed by atoms with Gasteiger partial charge in [-0.05, 0) is 25.7 Å². The maximum absolute atomic E-state index is 11.3. The van der Waals surface area contributed by atoms with E-state index in [1.165, 1.54) is 0 Å². The molecule has 0 aliphatic heterocycles. The lowest BCUT2D eigenvalue weighted by Crippen LogP contribution is -2.52. The van der Waals surface area contributed by atoms with Gasteiger partial charge in [0, 0.05) is 6.04 Å². The highest BCUT2D eigenvalue weighted by molar-refractivity contribution is 5.89. The van der Waals surface area contributed by atoms with E-state index in [4.69, 9.17) is 10.8 Å². The van der Waals surface area contributed by atoms with E-state index in [1.807, 2.05) is 0 Å². The maximum Gasteiger partial charge on any atom is 0.240 e. The summed E-state index contributed by atoms with van der Waals surface area (Å²) in [6.45, 7) is 0. The van der Waals surface area contributed by atoms with E-state index in [0.717, 1.165) is 12.8 Å². The van der Waals surface area contributed by atoms with Crippen LogP contribution in [0.4, 0.5) is 0 Å². The SMILES string of the molecule is NC1(C(=O)NC2CC(O)C2)CC1. The van der Waals surface area contributed by atoms with Crippen molar-refractivity contribution in [3.8, 4) is 0 Å². The minimum absolute atomic E-state index is 0.0422. The van der Waals surface area contributed by atoms with Gasteiger partial charge in [0.2, 0.25) is 5.91 Å². The van der Waals surface area contributed by atoms with Gasteiger partial charge in [-0.1, -0.05) is 0 Å². The fourth-order valence-electron chi connectivity index (χ4n) is 1.40. The van der Waals surface area contributed by atoms with Gasteiger partial charge in [0.1, 0.15) is 0 Å². The second-order valence-electron chi connectivity index (χ2n) is 3.95. The number of aliphatic hydroxyl groups excluding tert-OH is 1. The Kier molecular flexibility index (Phi) is 1.63. The number of rotatable bonds is 2. The summed E-state index contributed by atoms with van der Waals surface area (Å²) in [7, 11) is 0. The van der Waals surface area contributed by atoms with Crippen molar-refractivity contribution in [1.29, 1.82) is 0 Å². The largest absolute Gasteiger partial charge is 0.393 e. The summed E-state index contributed by atoms with van der Waals surface area (Å²) >= 11 is 0. The molecule has 12 heavy (non-hydrogen) atoms. The molecule has 0 atom stereocenters. The predicted octanol–water partition coefficient (Wildman–Crippen LogP) is -0.883. The van der Waals surface area contributed by atoms with Crippen molar-refractivity contribution in [1.82, 2.24) is 5.32 Å². The molecule has 4 nitrogen and oxygen atoms in total. The molecule has 0 bridgehead atoms. The second-order valence-corrected chi connectivity index (χ2v) is 3.95. The summed E-state index contributed by atoms with van der Waals surface area (Å²) < 4.78 is 0. The number of carbonyl (C=O) groups excluding carboxylic acids is 1. The van der Waals surface area contributed by atoms with Gasteiger partial charge in [-0.3, -0.25) is 4.79 Å². The number of hydrogen-bond acceptors (Lipinski definition) is 3. The lowest BCUT2D eigenvalue weighted by Gasteiger charge is -2.32. The van der Waals surface area contributed by atoms with Crippen molar-refractivity contribution in [2.24, 2.45) is 5.73 Å². The third-order valence-electron chi connectivity index (χ3n) is 2.69. The first-order valence-corrected chi connectivity index (χ1v) is 4.38. The Morgan fingerprint density at radius 2 is 2.08 bits per heavy atom. The van der Waals surface area contributed by atoms with Gasteiger partial charge in [0.15, 0.2) is 0 Å². The number of carbonyl (C=O) groups is 1. The fraction of sp³-hybridized carbons (Fsp3) is 0.875. The highest BCUT2D eigenvalue weighted by Crippen LogP contribution is 2.33. The summed E-state index contributed by atoms with van der Waals surface area (Å²) in [5.74, 6) is -0.0422. The lowest BCUT2D eigenvalue weighted by molar-refractivity contribution is -0.125. The van der Waals surface area contributed by atoms with Crippen molar-refractivity contribution in [2.45, 2.75) is 43.4 Å². The molecule has 0 spiro atoms. The molecule has 0 saturated heterocycles. The molecule has 0 aromatic rings. The first-order valence-electron chi connectivity index (χ1n) is 4.38. The molecule has 2 aliphatic carbocycles. The van der Waals surface area contributed by atoms with E-state index in [-0.39, 0.29) is 18.1 Å². The van der Waals surface area contributed by atoms with Gasteiger partial charge >= 0.3 is 0 Å². The van der Waals surface area contributed by atoms with Crippen LogP contribution in [0.2, 0.25) is 0 Å². The van der Waals surface area contributed by atoms with Gasteiger partial charge in [-0.15, -0.1) is 0 Å². The second kappa shape index (κ2) is 2.44. The molecule has 4 heteroatoms. The highest BCUT2D eigenvalue weighted by atomic mass is 16.3. The van der Waals surface area contributed by atoms with Crippen molar-refractivity contribution in [3.63, 3.8) is 0 Å². The Morgan fingerprint density at radius 3 is 2.50 bits per heavy atom. The molecule has 0 aromatic heterocycles. The van der Waals surface area contributed by atoms with E-state index in [2.05, 4.69) is 5.32 Å². The zero-order valence-electron chi connectivity index (χ0n) is 6.92. The van der Waals surface area contributed by atoms with Crippen LogP contribution in [0, 0.1) is 0 Å². The minimum atomic E-state index is -0.569. The molecule has 2 rings (SSSR count). The lowest BCUT2D eigenvalue weighted by atomic mass is 9.89. The highest BCUT2D eigenvalue weighted by Gasteiger charge is 2.47. The van der Waals surface area contributed by atoms with Gasteiger partial charge in [0.05, 0.1) is 11.6 Å². The zero-order valence-corrected chi connectivity index (χ0v) is 6.92. The smallest absolute Gasteiger partial charge is 0.240 e. The van der Waals surface area contributed by atoms with E-state index >= 15 is 0 Å². The molecular weight excluding hydrogens is 156 g/mol. The molecule has 0 unspecified atom stereocenters. The molecule has 0 radical (unpaired) electrons. The third-order valence-corrected chi connectivity index (χ3v) is 2.69. The topological polar surface area (TPSA) is 75.4 Å². The predicted molar refractivity (Wildman–Crippen MR) is 43.3 cm³/mol. The maximum atomic E-state index is 11.3. The molecule has 0 aromatic carbocycles. The van der Waals surface area contributed by atoms with Crippen molar-refractivity contribution >= 4 is 5.91 Å². The first-order chi connectivity index (χ1) is 5.60. The van der Waals surface area contributed by atoms with Gasteiger partial charge in [-0.25, -0.2) is 0 Å². The van der Waals surface area contributed by atoms with Crippen LogP contribution >= 0.6 is 0 Å². The number of nitrogens with one attached hydrogen (secondary N) is 1. The molecule has 1 amide bonds. The number of hydrogen-bond donors (Lipinski definition) is 3. The average molecular weight is 170 g/mol. The standard InChI is InChI=1S/C8H14N2O2/c9-8(1-2-8)7(12)10-5-3-6(11)4-5/h5-6,11H,1-4,9H2,(H,10,12).